The number of fused-ring (bicyclic) bond motifs is 2. The minimum absolute atomic E-state index is 0.0761. The molecule has 2 aromatic rings. The number of anilines is 2. The van der Waals surface area contributed by atoms with Crippen LogP contribution in [0.15, 0.2) is 35.3 Å². The highest BCUT2D eigenvalue weighted by Crippen LogP contribution is 2.66. The first-order valence-corrected chi connectivity index (χ1v) is 14.1. The van der Waals surface area contributed by atoms with Crippen LogP contribution in [-0.4, -0.2) is 64.3 Å². The van der Waals surface area contributed by atoms with E-state index in [1.54, 1.807) is 24.3 Å². The third-order valence-electron chi connectivity index (χ3n) is 4.71. The van der Waals surface area contributed by atoms with Gasteiger partial charge in [-0.3, -0.25) is 9.09 Å². The van der Waals surface area contributed by atoms with Crippen molar-refractivity contribution in [2.24, 2.45) is 0 Å². The summed E-state index contributed by atoms with van der Waals surface area (Å²) in [7, 11) is -16.8. The Balaban J connectivity index is 1.46. The second-order valence-corrected chi connectivity index (χ2v) is 11.7. The van der Waals surface area contributed by atoms with Crippen LogP contribution < -0.4 is 15.7 Å². The summed E-state index contributed by atoms with van der Waals surface area (Å²) >= 11 is 0. The molecule has 198 valence electrons. The molecule has 6 atom stereocenters. The number of rotatable bonds is 8. The van der Waals surface area contributed by atoms with Crippen LogP contribution in [0.2, 0.25) is 0 Å². The molecule has 1 fully saturated rings. The Morgan fingerprint density at radius 1 is 1.00 bits per heavy atom. The number of aliphatic hydroxyl groups is 2. The van der Waals surface area contributed by atoms with Gasteiger partial charge >= 0.3 is 29.2 Å². The molecule has 0 saturated carbocycles. The number of aromatic nitrogens is 2. The Labute approximate surface area is 200 Å². The van der Waals surface area contributed by atoms with E-state index in [0.29, 0.717) is 11.4 Å². The Bertz CT molecular complexity index is 1360. The minimum Gasteiger partial charge on any atom is -0.450 e. The second-order valence-electron chi connectivity index (χ2n) is 7.30. The van der Waals surface area contributed by atoms with Gasteiger partial charge in [0.05, 0.1) is 18.5 Å². The van der Waals surface area contributed by atoms with Gasteiger partial charge < -0.3 is 44.6 Å². The van der Waals surface area contributed by atoms with Crippen molar-refractivity contribution in [2.45, 2.75) is 24.5 Å². The van der Waals surface area contributed by atoms with Crippen LogP contribution in [0.4, 0.5) is 11.5 Å². The Morgan fingerprint density at radius 3 is 2.39 bits per heavy atom. The van der Waals surface area contributed by atoms with Crippen molar-refractivity contribution < 1.29 is 66.1 Å². The molecule has 1 aromatic carbocycles. The van der Waals surface area contributed by atoms with E-state index in [0.717, 1.165) is 10.8 Å². The summed E-state index contributed by atoms with van der Waals surface area (Å²) < 4.78 is 57.4. The number of benzene rings is 1. The lowest BCUT2D eigenvalue weighted by Gasteiger charge is -2.23. The molecule has 36 heavy (non-hydrogen) atoms. The van der Waals surface area contributed by atoms with E-state index in [2.05, 4.69) is 23.4 Å². The lowest BCUT2D eigenvalue weighted by Crippen LogP contribution is -2.36. The maximum atomic E-state index is 12.5. The first-order valence-electron chi connectivity index (χ1n) is 9.61. The molecule has 21 heteroatoms. The third kappa shape index (κ3) is 6.10. The molecular formula is C15H18N3O15P3. The lowest BCUT2D eigenvalue weighted by molar-refractivity contribution is -0.0543. The SMILES string of the molecule is O=c1nc2c(cn1[C@@H]1O[C@H](COP(=O)(O)OP(=O)(O)OP(=O)(O)O)[C@@H](O)[C@H]1O)Oc1ccccc1N2. The zero-order valence-electron chi connectivity index (χ0n) is 17.5. The monoisotopic (exact) mass is 573 g/mol. The molecule has 1 aromatic heterocycles. The van der Waals surface area contributed by atoms with Crippen LogP contribution >= 0.6 is 23.5 Å². The predicted octanol–water partition coefficient (Wildman–Crippen LogP) is 0.0551. The van der Waals surface area contributed by atoms with E-state index in [1.807, 2.05) is 0 Å². The van der Waals surface area contributed by atoms with Gasteiger partial charge in [0.25, 0.3) is 0 Å². The molecule has 7 N–H and O–H groups in total. The van der Waals surface area contributed by atoms with E-state index >= 15 is 0 Å². The Kier molecular flexibility index (Phi) is 7.29. The topological polar surface area (TPSA) is 266 Å². The van der Waals surface area contributed by atoms with Gasteiger partial charge in [-0.2, -0.15) is 13.6 Å². The molecule has 2 aliphatic rings. The third-order valence-corrected chi connectivity index (χ3v) is 8.51. The molecule has 0 aliphatic carbocycles. The molecule has 2 unspecified atom stereocenters. The maximum Gasteiger partial charge on any atom is 0.490 e. The quantitative estimate of drug-likeness (QED) is 0.176. The fraction of sp³-hybridized carbons (Fsp3) is 0.333. The summed E-state index contributed by atoms with van der Waals surface area (Å²) in [4.78, 5) is 52.2. The van der Waals surface area contributed by atoms with Crippen molar-refractivity contribution in [1.29, 1.82) is 0 Å². The molecule has 1 saturated heterocycles. The second kappa shape index (κ2) is 9.70. The van der Waals surface area contributed by atoms with Gasteiger partial charge in [0, 0.05) is 0 Å². The van der Waals surface area contributed by atoms with Crippen LogP contribution in [0.1, 0.15) is 6.23 Å². The first-order chi connectivity index (χ1) is 16.6. The number of hydrogen-bond acceptors (Lipinski definition) is 13. The summed E-state index contributed by atoms with van der Waals surface area (Å²) in [5, 5.41) is 23.5. The number of hydrogen-bond donors (Lipinski definition) is 7. The smallest absolute Gasteiger partial charge is 0.450 e. The van der Waals surface area contributed by atoms with Crippen molar-refractivity contribution in [3.8, 4) is 11.5 Å². The highest BCUT2D eigenvalue weighted by atomic mass is 31.3. The van der Waals surface area contributed by atoms with E-state index in [-0.39, 0.29) is 11.6 Å². The highest BCUT2D eigenvalue weighted by Gasteiger charge is 2.47. The molecule has 18 nitrogen and oxygen atoms in total. The van der Waals surface area contributed by atoms with Gasteiger partial charge in [0.1, 0.15) is 18.3 Å². The van der Waals surface area contributed by atoms with E-state index in [1.165, 1.54) is 0 Å². The Morgan fingerprint density at radius 2 is 1.69 bits per heavy atom. The zero-order chi connectivity index (χ0) is 26.5. The van der Waals surface area contributed by atoms with Gasteiger partial charge in [-0.15, -0.1) is 0 Å². The molecule has 0 spiro atoms. The van der Waals surface area contributed by atoms with Crippen LogP contribution in [0.25, 0.3) is 0 Å². The number of nitrogens with zero attached hydrogens (tertiary/aromatic N) is 2. The van der Waals surface area contributed by atoms with Crippen molar-refractivity contribution >= 4 is 35.0 Å². The standard InChI is InChI=1S/C15H18N3O15P3/c19-11-10(6-29-35(25,26)33-36(27,28)32-34(22,23)24)31-14(12(11)20)18-5-9-13(17-15(18)21)16-7-3-1-2-4-8(7)30-9/h1-5,10-12,14,19-20H,6H2,(H,25,26)(H,27,28)(H,16,17,21)(H2,22,23,24)/t10-,11-,12-,14-/m1/s1. The van der Waals surface area contributed by atoms with Crippen molar-refractivity contribution in [3.05, 3.63) is 40.9 Å². The van der Waals surface area contributed by atoms with Crippen molar-refractivity contribution in [3.63, 3.8) is 0 Å². The molecule has 0 bridgehead atoms. The number of phosphoric ester groups is 1. The normalized spacial score (nSPS) is 26.6. The molecule has 0 amide bonds. The number of aliphatic hydroxyl groups excluding tert-OH is 2. The summed E-state index contributed by atoms with van der Waals surface area (Å²) in [6.45, 7) is -1.04. The first kappa shape index (κ1) is 27.0. The zero-order valence-corrected chi connectivity index (χ0v) is 20.2. The van der Waals surface area contributed by atoms with Crippen LogP contribution in [-0.2, 0) is 31.6 Å². The van der Waals surface area contributed by atoms with E-state index in [4.69, 9.17) is 19.3 Å². The van der Waals surface area contributed by atoms with Gasteiger partial charge in [-0.05, 0) is 12.1 Å². The Hall–Kier alpha value is -2.01. The largest absolute Gasteiger partial charge is 0.490 e. The lowest BCUT2D eigenvalue weighted by atomic mass is 10.1. The molecule has 0 radical (unpaired) electrons. The molecule has 4 rings (SSSR count). The number of phosphoric acid groups is 3. The van der Waals surface area contributed by atoms with Crippen molar-refractivity contribution in [1.82, 2.24) is 9.55 Å². The fourth-order valence-corrected chi connectivity index (χ4v) is 6.30. The van der Waals surface area contributed by atoms with Crippen LogP contribution in [0.5, 0.6) is 11.5 Å². The summed E-state index contributed by atoms with van der Waals surface area (Å²) in [6.07, 6.45) is -5.58. The molecule has 3 heterocycles. The maximum absolute atomic E-state index is 12.5. The van der Waals surface area contributed by atoms with Gasteiger partial charge in [-0.25, -0.2) is 18.5 Å². The average molecular weight is 573 g/mol. The highest BCUT2D eigenvalue weighted by molar-refractivity contribution is 7.66. The van der Waals surface area contributed by atoms with Gasteiger partial charge in [-0.1, -0.05) is 12.1 Å². The molecular weight excluding hydrogens is 555 g/mol. The summed E-state index contributed by atoms with van der Waals surface area (Å²) in [5.41, 5.74) is -0.372. The van der Waals surface area contributed by atoms with E-state index < -0.39 is 60.3 Å². The van der Waals surface area contributed by atoms with E-state index in [9.17, 15) is 38.5 Å². The average Bonchev–Trinajstić information content (AvgIpc) is 3.02. The van der Waals surface area contributed by atoms with Gasteiger partial charge in [0.15, 0.2) is 23.5 Å². The number of ether oxygens (including phenoxy) is 2. The van der Waals surface area contributed by atoms with Crippen LogP contribution in [0, 0.1) is 0 Å². The minimum atomic E-state index is -5.75. The number of nitrogens with one attached hydrogen (secondary N) is 1. The predicted molar refractivity (Wildman–Crippen MR) is 114 cm³/mol. The number of para-hydroxylation sites is 2. The van der Waals surface area contributed by atoms with Gasteiger partial charge in [0.2, 0.25) is 0 Å². The fourth-order valence-electron chi connectivity index (χ4n) is 3.27. The summed E-state index contributed by atoms with van der Waals surface area (Å²) in [5.74, 6) is 0.571. The van der Waals surface area contributed by atoms with Crippen molar-refractivity contribution in [2.75, 3.05) is 11.9 Å². The van der Waals surface area contributed by atoms with Crippen LogP contribution in [0.3, 0.4) is 0 Å². The molecule has 2 aliphatic heterocycles. The summed E-state index contributed by atoms with van der Waals surface area (Å²) in [6, 6.07) is 6.77.